The highest BCUT2D eigenvalue weighted by molar-refractivity contribution is 5.81. The number of aromatic amines is 1. The summed E-state index contributed by atoms with van der Waals surface area (Å²) >= 11 is 0. The third-order valence-corrected chi connectivity index (χ3v) is 4.30. The lowest BCUT2D eigenvalue weighted by atomic mass is 9.96. The van der Waals surface area contributed by atoms with Crippen LogP contribution in [0, 0.1) is 5.92 Å². The number of phenols is 1. The van der Waals surface area contributed by atoms with Gasteiger partial charge in [0.05, 0.1) is 5.69 Å². The van der Waals surface area contributed by atoms with E-state index in [1.165, 1.54) is 12.1 Å². The van der Waals surface area contributed by atoms with Crippen molar-refractivity contribution in [1.82, 2.24) is 20.5 Å². The Morgan fingerprint density at radius 2 is 2.00 bits per heavy atom. The van der Waals surface area contributed by atoms with Crippen molar-refractivity contribution in [2.24, 2.45) is 5.92 Å². The van der Waals surface area contributed by atoms with Crippen molar-refractivity contribution in [3.8, 4) is 17.0 Å². The monoisotopic (exact) mass is 294 g/mol. The van der Waals surface area contributed by atoms with Crippen molar-refractivity contribution in [3.05, 3.63) is 42.1 Å². The molecule has 0 aliphatic carbocycles. The summed E-state index contributed by atoms with van der Waals surface area (Å²) in [6.45, 7) is 2.27. The number of rotatable bonds is 4. The molecule has 0 radical (unpaired) electrons. The maximum Gasteiger partial charge on any atom is 0.160 e. The molecule has 0 unspecified atom stereocenters. The fraction of sp³-hybridized carbons (Fsp3) is 0.294. The molecule has 1 saturated heterocycles. The van der Waals surface area contributed by atoms with E-state index in [2.05, 4.69) is 26.6 Å². The molecule has 0 atom stereocenters. The number of fused-ring (bicyclic) bond motifs is 1. The van der Waals surface area contributed by atoms with Gasteiger partial charge in [0.2, 0.25) is 0 Å². The minimum Gasteiger partial charge on any atom is -0.507 e. The molecule has 3 N–H and O–H groups in total. The van der Waals surface area contributed by atoms with Crippen molar-refractivity contribution in [2.75, 3.05) is 13.1 Å². The van der Waals surface area contributed by atoms with Crippen LogP contribution in [-0.4, -0.2) is 33.4 Å². The number of hydrogen-bond acceptors (Lipinski definition) is 4. The lowest BCUT2D eigenvalue weighted by Gasteiger charge is -2.26. The molecule has 1 aliphatic rings. The second-order valence-corrected chi connectivity index (χ2v) is 5.91. The Morgan fingerprint density at radius 3 is 2.77 bits per heavy atom. The maximum atomic E-state index is 9.94. The van der Waals surface area contributed by atoms with Crippen LogP contribution in [0.15, 0.2) is 36.4 Å². The lowest BCUT2D eigenvalue weighted by Crippen LogP contribution is -2.42. The summed E-state index contributed by atoms with van der Waals surface area (Å²) in [4.78, 5) is 3.34. The average Bonchev–Trinajstić information content (AvgIpc) is 2.88. The van der Waals surface area contributed by atoms with Gasteiger partial charge in [-0.3, -0.25) is 0 Å². The normalized spacial score (nSPS) is 15.1. The van der Waals surface area contributed by atoms with E-state index in [1.54, 1.807) is 12.1 Å². The smallest absolute Gasteiger partial charge is 0.160 e. The summed E-state index contributed by atoms with van der Waals surface area (Å²) in [7, 11) is 0. The number of benzene rings is 1. The minimum atomic E-state index is 0.226. The van der Waals surface area contributed by atoms with E-state index in [-0.39, 0.29) is 5.75 Å². The fourth-order valence-electron chi connectivity index (χ4n) is 2.86. The van der Waals surface area contributed by atoms with Crippen LogP contribution in [-0.2, 0) is 6.42 Å². The van der Waals surface area contributed by atoms with Gasteiger partial charge in [-0.05, 0) is 56.1 Å². The van der Waals surface area contributed by atoms with Gasteiger partial charge in [-0.15, -0.1) is 10.2 Å². The van der Waals surface area contributed by atoms with Gasteiger partial charge in [0.25, 0.3) is 0 Å². The molecule has 5 heteroatoms. The van der Waals surface area contributed by atoms with Gasteiger partial charge in [-0.2, -0.15) is 0 Å². The molecule has 0 bridgehead atoms. The number of para-hydroxylation sites is 1. The van der Waals surface area contributed by atoms with Crippen molar-refractivity contribution >= 4 is 11.0 Å². The third-order valence-electron chi connectivity index (χ3n) is 4.30. The van der Waals surface area contributed by atoms with E-state index >= 15 is 0 Å². The molecule has 112 valence electrons. The number of hydrogen-bond donors (Lipinski definition) is 3. The summed E-state index contributed by atoms with van der Waals surface area (Å²) in [6.07, 6.45) is 2.23. The van der Waals surface area contributed by atoms with Crippen molar-refractivity contribution in [1.29, 1.82) is 0 Å². The number of aryl methyl sites for hydroxylation is 1. The quantitative estimate of drug-likeness (QED) is 0.691. The first-order chi connectivity index (χ1) is 10.8. The molecular formula is C17H18N4O. The van der Waals surface area contributed by atoms with Gasteiger partial charge < -0.3 is 15.4 Å². The average molecular weight is 294 g/mol. The van der Waals surface area contributed by atoms with E-state index in [1.807, 2.05) is 18.2 Å². The fourth-order valence-corrected chi connectivity index (χ4v) is 2.86. The Morgan fingerprint density at radius 1 is 1.14 bits per heavy atom. The second-order valence-electron chi connectivity index (χ2n) is 5.91. The number of aromatic hydroxyl groups is 1. The van der Waals surface area contributed by atoms with E-state index in [4.69, 9.17) is 0 Å². The van der Waals surface area contributed by atoms with E-state index in [0.29, 0.717) is 11.3 Å². The Kier molecular flexibility index (Phi) is 3.27. The zero-order valence-electron chi connectivity index (χ0n) is 12.2. The minimum absolute atomic E-state index is 0.226. The largest absolute Gasteiger partial charge is 0.507 e. The molecule has 1 fully saturated rings. The first kappa shape index (κ1) is 13.3. The van der Waals surface area contributed by atoms with Gasteiger partial charge in [-0.25, -0.2) is 0 Å². The summed E-state index contributed by atoms with van der Waals surface area (Å²) in [5.74, 6) is 1.03. The molecule has 4 rings (SSSR count). The number of H-pyrrole nitrogens is 1. The molecular weight excluding hydrogens is 276 g/mol. The topological polar surface area (TPSA) is 73.8 Å². The molecule has 2 aromatic heterocycles. The first-order valence-corrected chi connectivity index (χ1v) is 7.64. The zero-order valence-corrected chi connectivity index (χ0v) is 12.2. The molecule has 0 amide bonds. The van der Waals surface area contributed by atoms with Crippen LogP contribution in [0.5, 0.6) is 5.75 Å². The van der Waals surface area contributed by atoms with Crippen LogP contribution in [0.4, 0.5) is 0 Å². The molecule has 3 heterocycles. The van der Waals surface area contributed by atoms with Crippen molar-refractivity contribution in [2.45, 2.75) is 12.8 Å². The summed E-state index contributed by atoms with van der Waals surface area (Å²) < 4.78 is 0. The van der Waals surface area contributed by atoms with Gasteiger partial charge in [0, 0.05) is 16.6 Å². The Balaban J connectivity index is 1.61. The van der Waals surface area contributed by atoms with Crippen LogP contribution < -0.4 is 5.32 Å². The van der Waals surface area contributed by atoms with E-state index < -0.39 is 0 Å². The third kappa shape index (κ3) is 2.44. The molecule has 5 nitrogen and oxygen atoms in total. The highest BCUT2D eigenvalue weighted by Crippen LogP contribution is 2.28. The number of phenolic OH excluding ortho intramolecular Hbond substituents is 1. The van der Waals surface area contributed by atoms with Gasteiger partial charge in [-0.1, -0.05) is 12.1 Å². The summed E-state index contributed by atoms with van der Waals surface area (Å²) in [5, 5.41) is 22.7. The zero-order chi connectivity index (χ0) is 14.9. The first-order valence-electron chi connectivity index (χ1n) is 7.64. The van der Waals surface area contributed by atoms with Crippen LogP contribution >= 0.6 is 0 Å². The summed E-state index contributed by atoms with van der Waals surface area (Å²) in [5.41, 5.74) is 3.41. The van der Waals surface area contributed by atoms with Crippen LogP contribution in [0.1, 0.15) is 12.1 Å². The maximum absolute atomic E-state index is 9.94. The standard InChI is InChI=1S/C17H18N4O/c22-16-4-2-1-3-14(16)15-8-12-7-13(19-17(12)21-20-15)6-5-11-9-18-10-11/h1-4,7-8,11,18,22H,5-6,9-10H2,(H,19,21). The van der Waals surface area contributed by atoms with Gasteiger partial charge in [0.1, 0.15) is 5.75 Å². The molecule has 0 saturated carbocycles. The molecule has 0 spiro atoms. The Bertz CT molecular complexity index is 807. The Hall–Kier alpha value is -2.40. The Labute approximate surface area is 128 Å². The van der Waals surface area contributed by atoms with Gasteiger partial charge >= 0.3 is 0 Å². The van der Waals surface area contributed by atoms with Crippen molar-refractivity contribution in [3.63, 3.8) is 0 Å². The predicted molar refractivity (Wildman–Crippen MR) is 85.7 cm³/mol. The molecule has 22 heavy (non-hydrogen) atoms. The predicted octanol–water partition coefficient (Wildman–Crippen LogP) is 2.48. The highest BCUT2D eigenvalue weighted by atomic mass is 16.3. The van der Waals surface area contributed by atoms with Gasteiger partial charge in [0.15, 0.2) is 5.65 Å². The van der Waals surface area contributed by atoms with Crippen LogP contribution in [0.2, 0.25) is 0 Å². The molecule has 3 aromatic rings. The molecule has 1 aromatic carbocycles. The number of aromatic nitrogens is 3. The van der Waals surface area contributed by atoms with Crippen LogP contribution in [0.3, 0.4) is 0 Å². The number of nitrogens with one attached hydrogen (secondary N) is 2. The molecule has 1 aliphatic heterocycles. The van der Waals surface area contributed by atoms with Crippen molar-refractivity contribution < 1.29 is 5.11 Å². The number of nitrogens with zero attached hydrogens (tertiary/aromatic N) is 2. The SMILES string of the molecule is Oc1ccccc1-c1cc2cc(CCC3CNC3)[nH]c2nn1. The highest BCUT2D eigenvalue weighted by Gasteiger charge is 2.16. The van der Waals surface area contributed by atoms with Crippen LogP contribution in [0.25, 0.3) is 22.3 Å². The lowest BCUT2D eigenvalue weighted by molar-refractivity contribution is 0.327. The summed E-state index contributed by atoms with van der Waals surface area (Å²) in [6, 6.07) is 11.3. The second kappa shape index (κ2) is 5.42. The van der Waals surface area contributed by atoms with E-state index in [0.717, 1.165) is 36.5 Å². The van der Waals surface area contributed by atoms with E-state index in [9.17, 15) is 5.11 Å².